The molecule has 86 heavy (non-hydrogen) atoms. The number of H-pyrrole nitrogens is 1. The molecule has 2 aromatic carbocycles. The minimum absolute atomic E-state index is 0.00210. The second-order valence-corrected chi connectivity index (χ2v) is 21.8. The maximum atomic E-state index is 14.7. The molecule has 2 heterocycles. The fraction of sp³-hybridized carbons (Fsp3) is 0.527. The predicted molar refractivity (Wildman–Crippen MR) is 316 cm³/mol. The van der Waals surface area contributed by atoms with Gasteiger partial charge in [0.25, 0.3) is 0 Å². The van der Waals surface area contributed by atoms with E-state index in [0.717, 1.165) is 4.90 Å². The summed E-state index contributed by atoms with van der Waals surface area (Å²) in [5, 5.41) is 69.5. The average molecular weight is 1240 g/mol. The molecule has 1 aliphatic heterocycles. The minimum atomic E-state index is -1.89. The van der Waals surface area contributed by atoms with Crippen LogP contribution in [0.25, 0.3) is 10.9 Å². The number of benzene rings is 2. The van der Waals surface area contributed by atoms with E-state index < -0.39 is 162 Å². The molecule has 0 aliphatic carbocycles. The summed E-state index contributed by atoms with van der Waals surface area (Å²) < 4.78 is 0. The maximum Gasteiger partial charge on any atom is 0.326 e. The Kier molecular flexibility index (Phi) is 28.0. The summed E-state index contributed by atoms with van der Waals surface area (Å²) in [6.45, 7) is 4.45. The first-order valence-electron chi connectivity index (χ1n) is 27.8. The molecule has 29 nitrogen and oxygen atoms in total. The second kappa shape index (κ2) is 34.2. The molecule has 472 valence electrons. The van der Waals surface area contributed by atoms with Crippen LogP contribution in [0.2, 0.25) is 0 Å². The van der Waals surface area contributed by atoms with Crippen LogP contribution in [0.1, 0.15) is 83.3 Å². The molecule has 1 aromatic heterocycles. The van der Waals surface area contributed by atoms with Crippen LogP contribution in [-0.2, 0) is 70.4 Å². The number of carbonyl (C=O) groups excluding carboxylic acids is 9. The van der Waals surface area contributed by atoms with Crippen LogP contribution in [0.15, 0.2) is 54.7 Å². The molecule has 3 aromatic rings. The molecule has 0 spiro atoms. The third kappa shape index (κ3) is 21.2. The molecule has 1 saturated heterocycles. The third-order valence-electron chi connectivity index (χ3n) is 14.1. The molecular weight excluding hydrogens is 1160 g/mol. The fourth-order valence-electron chi connectivity index (χ4n) is 9.28. The van der Waals surface area contributed by atoms with Crippen LogP contribution in [-0.4, -0.2) is 198 Å². The van der Waals surface area contributed by atoms with E-state index in [9.17, 15) is 78.0 Å². The molecule has 9 amide bonds. The number of fused-ring (bicyclic) bond motifs is 1. The number of carbonyl (C=O) groups is 12. The van der Waals surface area contributed by atoms with Gasteiger partial charge >= 0.3 is 17.9 Å². The number of phenolic OH excluding ortho intramolecular Hbond substituents is 1. The fourth-order valence-corrected chi connectivity index (χ4v) is 9.79. The number of aliphatic hydroxyl groups excluding tert-OH is 1. The van der Waals surface area contributed by atoms with Crippen molar-refractivity contribution in [3.8, 4) is 5.75 Å². The van der Waals surface area contributed by atoms with Gasteiger partial charge in [0.15, 0.2) is 0 Å². The molecule has 0 radical (unpaired) electrons. The van der Waals surface area contributed by atoms with Crippen LogP contribution >= 0.6 is 25.3 Å². The van der Waals surface area contributed by atoms with Gasteiger partial charge in [-0.25, -0.2) is 4.79 Å². The number of amides is 9. The van der Waals surface area contributed by atoms with Gasteiger partial charge < -0.3 is 89.4 Å². The Morgan fingerprint density at radius 1 is 0.640 bits per heavy atom. The highest BCUT2D eigenvalue weighted by atomic mass is 32.1. The van der Waals surface area contributed by atoms with Gasteiger partial charge in [-0.1, -0.05) is 44.2 Å². The van der Waals surface area contributed by atoms with Crippen molar-refractivity contribution in [3.63, 3.8) is 0 Å². The lowest BCUT2D eigenvalue weighted by molar-refractivity contribution is -0.145. The number of aliphatic hydroxyl groups is 1. The van der Waals surface area contributed by atoms with E-state index in [-0.39, 0.29) is 69.5 Å². The lowest BCUT2D eigenvalue weighted by Crippen LogP contribution is -2.61. The van der Waals surface area contributed by atoms with Crippen molar-refractivity contribution in [1.29, 1.82) is 0 Å². The number of aromatic nitrogens is 1. The number of thiol groups is 2. The molecule has 0 unspecified atom stereocenters. The zero-order valence-corrected chi connectivity index (χ0v) is 49.4. The van der Waals surface area contributed by atoms with Crippen molar-refractivity contribution in [2.45, 2.75) is 152 Å². The summed E-state index contributed by atoms with van der Waals surface area (Å²) >= 11 is 8.47. The number of nitrogens with zero attached hydrogens (tertiary/aromatic N) is 1. The van der Waals surface area contributed by atoms with Crippen LogP contribution in [0.3, 0.4) is 0 Å². The number of likely N-dealkylation sites (tertiary alicyclic amines) is 1. The number of carboxylic acid groups (broad SMARTS) is 3. The van der Waals surface area contributed by atoms with Crippen molar-refractivity contribution in [1.82, 2.24) is 52.4 Å². The number of rotatable bonds is 35. The topological polar surface area (TPSA) is 473 Å². The zero-order chi connectivity index (χ0) is 63.9. The first-order valence-corrected chi connectivity index (χ1v) is 29.0. The zero-order valence-electron chi connectivity index (χ0n) is 47.7. The van der Waals surface area contributed by atoms with Gasteiger partial charge in [0.05, 0.1) is 18.6 Å². The minimum Gasteiger partial charge on any atom is -0.508 e. The summed E-state index contributed by atoms with van der Waals surface area (Å²) in [5.41, 5.74) is 13.2. The Morgan fingerprint density at radius 3 is 1.73 bits per heavy atom. The van der Waals surface area contributed by atoms with Gasteiger partial charge in [-0.3, -0.25) is 52.7 Å². The average Bonchev–Trinajstić information content (AvgIpc) is 4.00. The molecule has 0 saturated carbocycles. The van der Waals surface area contributed by atoms with E-state index >= 15 is 0 Å². The molecule has 1 aliphatic rings. The Hall–Kier alpha value is -8.00. The van der Waals surface area contributed by atoms with Crippen LogP contribution < -0.4 is 54.0 Å². The summed E-state index contributed by atoms with van der Waals surface area (Å²) in [4.78, 5) is 165. The number of aromatic hydroxyl groups is 1. The molecule has 0 bridgehead atoms. The van der Waals surface area contributed by atoms with Crippen molar-refractivity contribution >= 4 is 107 Å². The van der Waals surface area contributed by atoms with Crippen molar-refractivity contribution in [2.24, 2.45) is 17.4 Å². The van der Waals surface area contributed by atoms with Gasteiger partial charge in [0, 0.05) is 54.4 Å². The van der Waals surface area contributed by atoms with Crippen LogP contribution in [0.4, 0.5) is 0 Å². The SMILES string of the molecule is CC(C)[C@H](NC(=O)[C@H](CS)NC(=O)[C@H](Cc1ccc(O)cc1)NC(=O)[C@H](CCCCN)NC(=O)[C@H](Cc1c[nH]c2ccccc12)NC(=O)[C@H](CS)NC(=O)[C@H](CC(=O)O)NC(=O)[C@H]1CCCN1C(=O)[C@@H](NC(=O)[C@@H](N)CCC(=O)O)[C@@H](C)O)C(=O)O. The number of carboxylic acids is 3. The molecule has 11 atom stereocenters. The quantitative estimate of drug-likeness (QED) is 0.0211. The van der Waals surface area contributed by atoms with Crippen LogP contribution in [0.5, 0.6) is 5.75 Å². The number of hydrogen-bond acceptors (Lipinski definition) is 18. The maximum absolute atomic E-state index is 14.7. The van der Waals surface area contributed by atoms with E-state index in [1.54, 1.807) is 44.3 Å². The highest BCUT2D eigenvalue weighted by Gasteiger charge is 2.42. The Balaban J connectivity index is 1.60. The monoisotopic (exact) mass is 1240 g/mol. The highest BCUT2D eigenvalue weighted by molar-refractivity contribution is 7.80. The Labute approximate surface area is 505 Å². The number of aliphatic carboxylic acids is 3. The molecule has 1 fully saturated rings. The van der Waals surface area contributed by atoms with E-state index in [0.29, 0.717) is 28.5 Å². The summed E-state index contributed by atoms with van der Waals surface area (Å²) in [7, 11) is 0. The summed E-state index contributed by atoms with van der Waals surface area (Å²) in [5.74, 6) is -14.3. The van der Waals surface area contributed by atoms with Gasteiger partial charge in [-0.15, -0.1) is 0 Å². The molecule has 18 N–H and O–H groups in total. The summed E-state index contributed by atoms with van der Waals surface area (Å²) in [6, 6.07) is -2.41. The van der Waals surface area contributed by atoms with Gasteiger partial charge in [-0.05, 0) is 87.2 Å². The Bertz CT molecular complexity index is 2890. The Morgan fingerprint density at radius 2 is 1.17 bits per heavy atom. The van der Waals surface area contributed by atoms with Gasteiger partial charge in [0.2, 0.25) is 53.2 Å². The number of nitrogens with one attached hydrogen (secondary N) is 9. The first-order chi connectivity index (χ1) is 40.7. The third-order valence-corrected chi connectivity index (χ3v) is 14.8. The second-order valence-electron chi connectivity index (χ2n) is 21.1. The number of phenols is 1. The summed E-state index contributed by atoms with van der Waals surface area (Å²) in [6.07, 6.45) is -1.41. The largest absolute Gasteiger partial charge is 0.508 e. The lowest BCUT2D eigenvalue weighted by Gasteiger charge is -2.31. The van der Waals surface area contributed by atoms with Gasteiger partial charge in [-0.2, -0.15) is 25.3 Å². The first kappa shape index (κ1) is 70.5. The van der Waals surface area contributed by atoms with E-state index in [1.807, 2.05) is 0 Å². The van der Waals surface area contributed by atoms with Crippen molar-refractivity contribution in [3.05, 3.63) is 65.9 Å². The molecule has 4 rings (SSSR count). The number of para-hydroxylation sites is 1. The van der Waals surface area contributed by atoms with E-state index in [4.69, 9.17) is 16.6 Å². The van der Waals surface area contributed by atoms with Gasteiger partial charge in [0.1, 0.15) is 60.1 Å². The normalized spacial score (nSPS) is 16.5. The number of hydrogen-bond donors (Lipinski definition) is 18. The molecule has 31 heteroatoms. The lowest BCUT2D eigenvalue weighted by atomic mass is 10.0. The van der Waals surface area contributed by atoms with E-state index in [2.05, 4.69) is 72.8 Å². The van der Waals surface area contributed by atoms with E-state index in [1.165, 1.54) is 31.2 Å². The highest BCUT2D eigenvalue weighted by Crippen LogP contribution is 2.22. The van der Waals surface area contributed by atoms with Crippen molar-refractivity contribution < 1.29 is 83.1 Å². The number of aromatic amines is 1. The smallest absolute Gasteiger partial charge is 0.326 e. The number of unbranched alkanes of at least 4 members (excludes halogenated alkanes) is 1. The predicted octanol–water partition coefficient (Wildman–Crippen LogP) is -2.70. The standard InChI is InChI=1S/C55H78N12O17S2/c1-27(2)44(55(83)84)65-52(80)40(26-86)64-48(76)36(21-29-13-15-31(69)16-14-29)60-47(75)35(11-6-7-19-56)59-49(77)37(22-30-24-58-34-10-5-4-9-32(30)34)61-51(79)39(25-85)63-50(78)38(23-43(72)73)62-53(81)41-12-8-20-67(41)54(82)45(28(3)68)66-46(74)33(57)17-18-42(70)71/h4-5,9-10,13-16,24,27-28,33,35-41,44-45,58,68-69,85-86H,6-8,11-12,17-23,25-26,56-57H2,1-3H3,(H,59,77)(H,60,75)(H,61,79)(H,62,81)(H,63,78)(H,64,76)(H,65,80)(H,66,74)(H,70,71)(H,72,73)(H,83,84)/t28-,33+,35+,36+,37+,38+,39+,40+,41-,44+,45+/m1/s1. The number of nitrogens with two attached hydrogens (primary N) is 2. The van der Waals surface area contributed by atoms with Crippen LogP contribution in [0, 0.1) is 5.92 Å². The van der Waals surface area contributed by atoms with Crippen molar-refractivity contribution in [2.75, 3.05) is 24.6 Å². The molecular formula is C55H78N12O17S2.